The standard InChI is InChI=1S/C11H17NO2/c1-10-4-5-11(14-10,8-12(2)3)7-9(13)6-10/h4-5H,6-8H2,1-3H3/p+1/t10-,11-/m0/s1. The number of ether oxygens (including phenoxy) is 1. The number of nitrogens with one attached hydrogen (secondary N) is 1. The Morgan fingerprint density at radius 1 is 1.43 bits per heavy atom. The van der Waals surface area contributed by atoms with E-state index in [0.717, 1.165) is 6.54 Å². The molecule has 14 heavy (non-hydrogen) atoms. The summed E-state index contributed by atoms with van der Waals surface area (Å²) in [5.74, 6) is 0.324. The Kier molecular flexibility index (Phi) is 2.05. The lowest BCUT2D eigenvalue weighted by molar-refractivity contribution is -0.864. The second kappa shape index (κ2) is 2.91. The highest BCUT2D eigenvalue weighted by atomic mass is 16.5. The number of ketones is 1. The van der Waals surface area contributed by atoms with Gasteiger partial charge in [-0.2, -0.15) is 0 Å². The quantitative estimate of drug-likeness (QED) is 0.608. The normalized spacial score (nSPS) is 41.0. The number of fused-ring (bicyclic) bond motifs is 2. The molecule has 1 saturated heterocycles. The lowest BCUT2D eigenvalue weighted by atomic mass is 9.91. The van der Waals surface area contributed by atoms with Crippen molar-refractivity contribution in [3.8, 4) is 0 Å². The number of carbonyl (C=O) groups is 1. The number of hydrogen-bond acceptors (Lipinski definition) is 2. The minimum absolute atomic E-state index is 0.317. The molecule has 0 aromatic carbocycles. The Morgan fingerprint density at radius 2 is 2.14 bits per heavy atom. The lowest BCUT2D eigenvalue weighted by Gasteiger charge is -2.37. The van der Waals surface area contributed by atoms with Crippen molar-refractivity contribution in [1.29, 1.82) is 0 Å². The van der Waals surface area contributed by atoms with Crippen molar-refractivity contribution in [3.05, 3.63) is 12.2 Å². The van der Waals surface area contributed by atoms with Gasteiger partial charge in [0, 0.05) is 12.8 Å². The number of Topliss-reactive ketones (excluding diaryl/α,β-unsaturated/α-hetero) is 1. The van der Waals surface area contributed by atoms with Gasteiger partial charge < -0.3 is 9.64 Å². The molecule has 1 N–H and O–H groups in total. The Hall–Kier alpha value is -0.670. The van der Waals surface area contributed by atoms with Gasteiger partial charge in [-0.25, -0.2) is 0 Å². The van der Waals surface area contributed by atoms with Gasteiger partial charge in [0.2, 0.25) is 0 Å². The number of quaternary nitrogens is 1. The summed E-state index contributed by atoms with van der Waals surface area (Å²) in [5, 5.41) is 0. The molecule has 0 amide bonds. The fraction of sp³-hybridized carbons (Fsp3) is 0.727. The summed E-state index contributed by atoms with van der Waals surface area (Å²) >= 11 is 0. The fourth-order valence-corrected chi connectivity index (χ4v) is 2.59. The van der Waals surface area contributed by atoms with Crippen molar-refractivity contribution < 1.29 is 14.4 Å². The molecule has 0 aromatic heterocycles. The molecule has 0 aliphatic carbocycles. The SMILES string of the molecule is C[NH+](C)C[C@]12C=C[C@@](C)(CC(=O)C1)O2. The van der Waals surface area contributed by atoms with E-state index >= 15 is 0 Å². The van der Waals surface area contributed by atoms with Gasteiger partial charge in [-0.3, -0.25) is 4.79 Å². The zero-order valence-electron chi connectivity index (χ0n) is 9.09. The molecule has 2 aliphatic heterocycles. The van der Waals surface area contributed by atoms with Crippen LogP contribution < -0.4 is 4.90 Å². The maximum atomic E-state index is 11.6. The van der Waals surface area contributed by atoms with E-state index in [1.807, 2.05) is 6.92 Å². The van der Waals surface area contributed by atoms with Crippen molar-refractivity contribution in [1.82, 2.24) is 0 Å². The van der Waals surface area contributed by atoms with E-state index in [0.29, 0.717) is 18.6 Å². The second-order valence-electron chi connectivity index (χ2n) is 5.09. The molecular weight excluding hydrogens is 178 g/mol. The molecule has 2 rings (SSSR count). The van der Waals surface area contributed by atoms with Gasteiger partial charge in [0.1, 0.15) is 17.9 Å². The molecule has 0 aromatic rings. The van der Waals surface area contributed by atoms with Crippen LogP contribution in [0.25, 0.3) is 0 Å². The summed E-state index contributed by atoms with van der Waals surface area (Å²) < 4.78 is 6.00. The average Bonchev–Trinajstić information content (AvgIpc) is 2.19. The number of rotatable bonds is 2. The Morgan fingerprint density at radius 3 is 2.79 bits per heavy atom. The highest BCUT2D eigenvalue weighted by Gasteiger charge is 2.50. The van der Waals surface area contributed by atoms with Gasteiger partial charge in [-0.15, -0.1) is 0 Å². The van der Waals surface area contributed by atoms with Crippen LogP contribution in [-0.4, -0.2) is 37.6 Å². The van der Waals surface area contributed by atoms with E-state index in [-0.39, 0.29) is 11.2 Å². The van der Waals surface area contributed by atoms with Crippen molar-refractivity contribution in [3.63, 3.8) is 0 Å². The second-order valence-corrected chi connectivity index (χ2v) is 5.09. The third-order valence-corrected chi connectivity index (χ3v) is 2.87. The number of carbonyl (C=O) groups excluding carboxylic acids is 1. The van der Waals surface area contributed by atoms with Gasteiger partial charge in [-0.1, -0.05) is 6.08 Å². The van der Waals surface area contributed by atoms with Crippen LogP contribution in [0.1, 0.15) is 19.8 Å². The van der Waals surface area contributed by atoms with Gasteiger partial charge in [0.05, 0.1) is 19.7 Å². The predicted octanol–water partition coefficient (Wildman–Crippen LogP) is -0.422. The van der Waals surface area contributed by atoms with Crippen molar-refractivity contribution in [2.75, 3.05) is 20.6 Å². The van der Waals surface area contributed by atoms with Crippen molar-refractivity contribution in [2.45, 2.75) is 31.0 Å². The van der Waals surface area contributed by atoms with Crippen LogP contribution in [-0.2, 0) is 9.53 Å². The van der Waals surface area contributed by atoms with Gasteiger partial charge in [0.25, 0.3) is 0 Å². The van der Waals surface area contributed by atoms with E-state index in [1.165, 1.54) is 4.90 Å². The van der Waals surface area contributed by atoms with Gasteiger partial charge in [-0.05, 0) is 13.0 Å². The van der Waals surface area contributed by atoms with E-state index in [9.17, 15) is 4.79 Å². The summed E-state index contributed by atoms with van der Waals surface area (Å²) in [5.41, 5.74) is -0.645. The molecule has 0 unspecified atom stereocenters. The van der Waals surface area contributed by atoms with Crippen LogP contribution in [0.4, 0.5) is 0 Å². The highest BCUT2D eigenvalue weighted by molar-refractivity contribution is 5.83. The third-order valence-electron chi connectivity index (χ3n) is 2.87. The van der Waals surface area contributed by atoms with Crippen LogP contribution in [0.5, 0.6) is 0 Å². The molecule has 3 heteroatoms. The van der Waals surface area contributed by atoms with Crippen molar-refractivity contribution in [2.24, 2.45) is 0 Å². The molecule has 78 valence electrons. The summed E-state index contributed by atoms with van der Waals surface area (Å²) in [4.78, 5) is 12.9. The average molecular weight is 196 g/mol. The molecule has 1 fully saturated rings. The Balaban J connectivity index is 2.21. The van der Waals surface area contributed by atoms with E-state index in [1.54, 1.807) is 0 Å². The summed E-state index contributed by atoms with van der Waals surface area (Å²) in [6, 6.07) is 0. The molecule has 2 atom stereocenters. The zero-order valence-corrected chi connectivity index (χ0v) is 9.09. The largest absolute Gasteiger partial charge is 0.354 e. The molecule has 2 aliphatic rings. The van der Waals surface area contributed by atoms with Crippen LogP contribution >= 0.6 is 0 Å². The molecule has 3 nitrogen and oxygen atoms in total. The van der Waals surface area contributed by atoms with Gasteiger partial charge >= 0.3 is 0 Å². The highest BCUT2D eigenvalue weighted by Crippen LogP contribution is 2.40. The Labute approximate surface area is 84.7 Å². The maximum Gasteiger partial charge on any atom is 0.143 e. The fourth-order valence-electron chi connectivity index (χ4n) is 2.59. The third kappa shape index (κ3) is 1.62. The summed E-state index contributed by atoms with van der Waals surface area (Å²) in [6.45, 7) is 2.86. The van der Waals surface area contributed by atoms with E-state index < -0.39 is 0 Å². The van der Waals surface area contributed by atoms with Crippen molar-refractivity contribution >= 4 is 5.78 Å². The first kappa shape index (κ1) is 9.87. The smallest absolute Gasteiger partial charge is 0.143 e. The van der Waals surface area contributed by atoms with Crippen LogP contribution in [0.15, 0.2) is 12.2 Å². The monoisotopic (exact) mass is 196 g/mol. The number of likely N-dealkylation sites (N-methyl/N-ethyl adjacent to an activating group) is 1. The minimum Gasteiger partial charge on any atom is -0.354 e. The lowest BCUT2D eigenvalue weighted by Crippen LogP contribution is -3.08. The van der Waals surface area contributed by atoms with E-state index in [2.05, 4.69) is 26.2 Å². The predicted molar refractivity (Wildman–Crippen MR) is 53.3 cm³/mol. The van der Waals surface area contributed by atoms with Crippen LogP contribution in [0.3, 0.4) is 0 Å². The minimum atomic E-state index is -0.329. The zero-order chi connectivity index (χ0) is 10.4. The molecule has 2 heterocycles. The molecule has 0 radical (unpaired) electrons. The first-order valence-electron chi connectivity index (χ1n) is 5.14. The molecule has 0 saturated carbocycles. The van der Waals surface area contributed by atoms with Crippen LogP contribution in [0, 0.1) is 0 Å². The molecular formula is C11H18NO2+. The van der Waals surface area contributed by atoms with E-state index in [4.69, 9.17) is 4.74 Å². The first-order chi connectivity index (χ1) is 6.43. The Bertz CT molecular complexity index is 298. The molecule has 0 spiro atoms. The van der Waals surface area contributed by atoms with Gasteiger partial charge in [0.15, 0.2) is 0 Å². The topological polar surface area (TPSA) is 30.7 Å². The maximum absolute atomic E-state index is 11.6. The molecule has 2 bridgehead atoms. The number of hydrogen-bond donors (Lipinski definition) is 1. The summed E-state index contributed by atoms with van der Waals surface area (Å²) in [6.07, 6.45) is 5.23. The summed E-state index contributed by atoms with van der Waals surface area (Å²) in [7, 11) is 4.17. The first-order valence-corrected chi connectivity index (χ1v) is 5.14. The van der Waals surface area contributed by atoms with Crippen LogP contribution in [0.2, 0.25) is 0 Å².